The predicted octanol–water partition coefficient (Wildman–Crippen LogP) is 8.15. The number of hydrogen-bond donors (Lipinski definition) is 1. The van der Waals surface area contributed by atoms with E-state index in [-0.39, 0.29) is 5.04 Å². The normalized spacial score (nSPS) is 13.2. The fraction of sp³-hybridized carbons (Fsp3) is 0.414. The van der Waals surface area contributed by atoms with Crippen molar-refractivity contribution in [1.29, 1.82) is 0 Å². The number of pyridine rings is 1. The molecule has 0 bridgehead atoms. The Kier molecular flexibility index (Phi) is 7.09. The van der Waals surface area contributed by atoms with E-state index in [2.05, 4.69) is 103 Å². The number of benzene rings is 2. The summed E-state index contributed by atoms with van der Waals surface area (Å²) < 4.78 is 0. The number of hydrogen-bond acceptors (Lipinski definition) is 3. The highest BCUT2D eigenvalue weighted by molar-refractivity contribution is 6.97. The number of aromatic hydroxyl groups is 1. The molecule has 0 fully saturated rings. The van der Waals surface area contributed by atoms with Crippen LogP contribution in [0, 0.1) is 0 Å². The first-order valence-corrected chi connectivity index (χ1v) is 15.0. The number of phenolic OH excluding ortho intramolecular Hbond substituents is 1. The van der Waals surface area contributed by atoms with Crippen LogP contribution < -0.4 is 4.90 Å². The molecule has 0 aliphatic carbocycles. The monoisotopic (exact) mass is 460 g/mol. The third-order valence-electron chi connectivity index (χ3n) is 7.14. The van der Waals surface area contributed by atoms with Gasteiger partial charge in [0.2, 0.25) is 0 Å². The van der Waals surface area contributed by atoms with Crippen LogP contribution in [0.4, 0.5) is 5.69 Å². The summed E-state index contributed by atoms with van der Waals surface area (Å²) in [6.07, 6.45) is 2.16. The number of rotatable bonds is 6. The van der Waals surface area contributed by atoms with E-state index >= 15 is 0 Å². The molecule has 176 valence electrons. The van der Waals surface area contributed by atoms with E-state index in [0.29, 0.717) is 17.8 Å². The van der Waals surface area contributed by atoms with Crippen molar-refractivity contribution in [1.82, 2.24) is 4.98 Å². The van der Waals surface area contributed by atoms with Gasteiger partial charge in [-0.15, -0.1) is 0 Å². The van der Waals surface area contributed by atoms with E-state index in [0.717, 1.165) is 22.2 Å². The highest BCUT2D eigenvalue weighted by atomic mass is 28.3. The lowest BCUT2D eigenvalue weighted by Crippen LogP contribution is -2.39. The maximum Gasteiger partial charge on any atom is 0.122 e. The number of aromatic nitrogens is 1. The Morgan fingerprint density at radius 1 is 0.939 bits per heavy atom. The molecule has 0 radical (unpaired) electrons. The maximum absolute atomic E-state index is 10.5. The molecule has 2 aromatic carbocycles. The number of nitrogens with zero attached hydrogens (tertiary/aromatic N) is 2. The van der Waals surface area contributed by atoms with Crippen LogP contribution in [0.2, 0.25) is 18.1 Å². The molecule has 1 N–H and O–H groups in total. The zero-order valence-corrected chi connectivity index (χ0v) is 22.8. The van der Waals surface area contributed by atoms with E-state index < -0.39 is 8.07 Å². The number of fused-ring (bicyclic) bond motifs is 1. The molecule has 1 heterocycles. The minimum atomic E-state index is -1.95. The molecule has 0 unspecified atom stereocenters. The van der Waals surface area contributed by atoms with Gasteiger partial charge in [-0.05, 0) is 74.3 Å². The average molecular weight is 461 g/mol. The molecule has 3 rings (SSSR count). The first kappa shape index (κ1) is 25.0. The quantitative estimate of drug-likeness (QED) is 0.377. The summed E-state index contributed by atoms with van der Waals surface area (Å²) in [5, 5.41) is 13.0. The van der Waals surface area contributed by atoms with Gasteiger partial charge in [-0.25, -0.2) is 4.98 Å². The zero-order valence-electron chi connectivity index (χ0n) is 21.8. The molecule has 33 heavy (non-hydrogen) atoms. The summed E-state index contributed by atoms with van der Waals surface area (Å²) in [6, 6.07) is 19.4. The minimum Gasteiger partial charge on any atom is -0.507 e. The van der Waals surface area contributed by atoms with Gasteiger partial charge in [0.1, 0.15) is 5.75 Å². The smallest absolute Gasteiger partial charge is 0.122 e. The van der Waals surface area contributed by atoms with E-state index in [4.69, 9.17) is 4.98 Å². The van der Waals surface area contributed by atoms with Gasteiger partial charge in [-0.3, -0.25) is 0 Å². The first-order chi connectivity index (χ1) is 15.3. The van der Waals surface area contributed by atoms with Gasteiger partial charge in [-0.2, -0.15) is 0 Å². The molecule has 0 atom stereocenters. The van der Waals surface area contributed by atoms with Crippen molar-refractivity contribution in [3.63, 3.8) is 0 Å². The Hall–Kier alpha value is -2.59. The second-order valence-electron chi connectivity index (χ2n) is 11.2. The van der Waals surface area contributed by atoms with Crippen LogP contribution in [0.5, 0.6) is 5.75 Å². The largest absolute Gasteiger partial charge is 0.507 e. The molecule has 1 aromatic heterocycles. The number of anilines is 1. The van der Waals surface area contributed by atoms with E-state index in [1.54, 1.807) is 6.07 Å². The molecule has 0 aliphatic heterocycles. The Morgan fingerprint density at radius 3 is 2.15 bits per heavy atom. The summed E-state index contributed by atoms with van der Waals surface area (Å²) in [4.78, 5) is 7.57. The van der Waals surface area contributed by atoms with E-state index in [9.17, 15) is 5.11 Å². The average Bonchev–Trinajstić information content (AvgIpc) is 2.71. The SMILES string of the molecule is CC(C)N(c1ccc2nc(/C(=C\c3ccccc3O)[Si](C)(C)C(C)(C)C)ccc2c1)C(C)C. The summed E-state index contributed by atoms with van der Waals surface area (Å²) in [5.41, 5.74) is 4.09. The van der Waals surface area contributed by atoms with Gasteiger partial charge in [0.05, 0.1) is 19.3 Å². The molecule has 0 saturated heterocycles. The molecular weight excluding hydrogens is 420 g/mol. The lowest BCUT2D eigenvalue weighted by atomic mass is 10.1. The van der Waals surface area contributed by atoms with Crippen molar-refractivity contribution in [2.24, 2.45) is 0 Å². The van der Waals surface area contributed by atoms with Gasteiger partial charge in [0.15, 0.2) is 0 Å². The first-order valence-electron chi connectivity index (χ1n) is 12.0. The van der Waals surface area contributed by atoms with Crippen molar-refractivity contribution in [3.8, 4) is 5.75 Å². The van der Waals surface area contributed by atoms with Crippen LogP contribution >= 0.6 is 0 Å². The predicted molar refractivity (Wildman–Crippen MR) is 148 cm³/mol. The number of para-hydroxylation sites is 1. The maximum atomic E-state index is 10.5. The summed E-state index contributed by atoms with van der Waals surface area (Å²) in [7, 11) is -1.95. The molecule has 0 saturated carbocycles. The van der Waals surface area contributed by atoms with Crippen molar-refractivity contribution in [2.45, 2.75) is 78.7 Å². The van der Waals surface area contributed by atoms with E-state index in [1.807, 2.05) is 18.2 Å². The topological polar surface area (TPSA) is 36.4 Å². The van der Waals surface area contributed by atoms with Crippen molar-refractivity contribution < 1.29 is 5.11 Å². The van der Waals surface area contributed by atoms with Crippen LogP contribution in [0.25, 0.3) is 22.2 Å². The Labute approximate surface area is 201 Å². The fourth-order valence-corrected chi connectivity index (χ4v) is 6.46. The van der Waals surface area contributed by atoms with Crippen LogP contribution in [0.3, 0.4) is 0 Å². The summed E-state index contributed by atoms with van der Waals surface area (Å²) in [6.45, 7) is 20.7. The molecular formula is C29H40N2OSi. The highest BCUT2D eigenvalue weighted by Crippen LogP contribution is 2.45. The molecule has 4 heteroatoms. The fourth-order valence-electron chi connectivity index (χ4n) is 4.36. The molecule has 0 amide bonds. The molecule has 3 nitrogen and oxygen atoms in total. The van der Waals surface area contributed by atoms with Crippen LogP contribution in [-0.2, 0) is 0 Å². The van der Waals surface area contributed by atoms with Crippen molar-refractivity contribution in [2.75, 3.05) is 4.90 Å². The summed E-state index contributed by atoms with van der Waals surface area (Å²) >= 11 is 0. The van der Waals surface area contributed by atoms with Crippen LogP contribution in [0.15, 0.2) is 54.6 Å². The zero-order chi connectivity index (χ0) is 24.6. The lowest BCUT2D eigenvalue weighted by molar-refractivity contribution is 0.474. The third kappa shape index (κ3) is 5.16. The van der Waals surface area contributed by atoms with Gasteiger partial charge >= 0.3 is 0 Å². The van der Waals surface area contributed by atoms with Gasteiger partial charge in [0.25, 0.3) is 0 Å². The minimum absolute atomic E-state index is 0.138. The third-order valence-corrected chi connectivity index (χ3v) is 12.6. The number of phenols is 1. The molecule has 0 spiro atoms. The second-order valence-corrected chi connectivity index (χ2v) is 16.4. The lowest BCUT2D eigenvalue weighted by Gasteiger charge is -2.39. The van der Waals surface area contributed by atoms with E-state index in [1.165, 1.54) is 10.9 Å². The van der Waals surface area contributed by atoms with Crippen LogP contribution in [-0.4, -0.2) is 30.2 Å². The van der Waals surface area contributed by atoms with Gasteiger partial charge in [-0.1, -0.05) is 58.1 Å². The Bertz CT molecular complexity index is 1150. The Balaban J connectivity index is 2.17. The van der Waals surface area contributed by atoms with Crippen molar-refractivity contribution >= 4 is 35.9 Å². The standard InChI is InChI=1S/C29H40N2OSi/c1-20(2)31(21(3)4)24-15-17-25-22(18-24)14-16-26(30-25)28(33(8,9)29(5,6)7)19-23-12-10-11-13-27(23)32/h10-21,32H,1-9H3/b28-19+. The van der Waals surface area contributed by atoms with Gasteiger partial charge in [0, 0.05) is 28.7 Å². The highest BCUT2D eigenvalue weighted by Gasteiger charge is 2.39. The molecule has 3 aromatic rings. The van der Waals surface area contributed by atoms with Crippen LogP contribution in [0.1, 0.15) is 59.7 Å². The second kappa shape index (κ2) is 9.34. The van der Waals surface area contributed by atoms with Gasteiger partial charge < -0.3 is 10.0 Å². The molecule has 0 aliphatic rings. The Morgan fingerprint density at radius 2 is 1.58 bits per heavy atom. The summed E-state index contributed by atoms with van der Waals surface area (Å²) in [5.74, 6) is 0.307. The van der Waals surface area contributed by atoms with Crippen molar-refractivity contribution in [3.05, 3.63) is 65.9 Å².